The average Bonchev–Trinajstić information content (AvgIpc) is 3.22. The third kappa shape index (κ3) is 5.41. The molecular weight excluding hydrogens is 490 g/mol. The van der Waals surface area contributed by atoms with E-state index in [1.807, 2.05) is 18.2 Å². The first-order valence-corrected chi connectivity index (χ1v) is 13.0. The molecule has 0 amide bonds. The number of nitriles is 2. The standard InChI is InChI=1S/C29H28ClN3O2S/c1-29(2,3)21-9-10-22-23(15-32)28(36-26(22)13-21)33-16-18-11-24(30)27(25(12-18)34-4)35-17-20-8-6-5-7-19(20)14-31/h5-8,11-12,16,21H,9-10,13,17H2,1-4H3/t21-/m1/s1. The molecule has 0 aliphatic heterocycles. The maximum atomic E-state index is 9.84. The van der Waals surface area contributed by atoms with Crippen LogP contribution in [-0.4, -0.2) is 13.3 Å². The molecule has 184 valence electrons. The Kier molecular flexibility index (Phi) is 7.69. The number of hydrogen-bond acceptors (Lipinski definition) is 6. The number of thiophene rings is 1. The Hall–Kier alpha value is -3.32. The van der Waals surface area contributed by atoms with Crippen LogP contribution in [0.2, 0.25) is 5.02 Å². The minimum atomic E-state index is 0.190. The molecule has 1 aliphatic carbocycles. The van der Waals surface area contributed by atoms with Crippen molar-refractivity contribution in [2.24, 2.45) is 16.3 Å². The summed E-state index contributed by atoms with van der Waals surface area (Å²) in [5.41, 5.74) is 4.15. The molecule has 36 heavy (non-hydrogen) atoms. The zero-order valence-corrected chi connectivity index (χ0v) is 22.5. The van der Waals surface area contributed by atoms with Crippen LogP contribution in [0.4, 0.5) is 5.00 Å². The number of nitrogens with zero attached hydrogens (tertiary/aromatic N) is 3. The van der Waals surface area contributed by atoms with Crippen molar-refractivity contribution in [2.75, 3.05) is 7.11 Å². The number of aliphatic imine (C=N–C) groups is 1. The number of ether oxygens (including phenoxy) is 2. The minimum absolute atomic E-state index is 0.190. The number of fused-ring (bicyclic) bond motifs is 1. The van der Waals surface area contributed by atoms with Crippen LogP contribution in [0.15, 0.2) is 41.4 Å². The molecule has 0 unspecified atom stereocenters. The van der Waals surface area contributed by atoms with Gasteiger partial charge in [-0.25, -0.2) is 4.99 Å². The van der Waals surface area contributed by atoms with Gasteiger partial charge in [-0.3, -0.25) is 0 Å². The van der Waals surface area contributed by atoms with E-state index in [2.05, 4.69) is 37.9 Å². The summed E-state index contributed by atoms with van der Waals surface area (Å²) in [5.74, 6) is 1.47. The van der Waals surface area contributed by atoms with Gasteiger partial charge in [0.1, 0.15) is 17.7 Å². The van der Waals surface area contributed by atoms with Crippen molar-refractivity contribution in [2.45, 2.75) is 46.6 Å². The fraction of sp³-hybridized carbons (Fsp3) is 0.345. The lowest BCUT2D eigenvalue weighted by Gasteiger charge is -2.33. The zero-order chi connectivity index (χ0) is 25.9. The fourth-order valence-corrected chi connectivity index (χ4v) is 6.00. The number of halogens is 1. The Bertz CT molecular complexity index is 1390. The van der Waals surface area contributed by atoms with Crippen LogP contribution in [0, 0.1) is 34.0 Å². The van der Waals surface area contributed by atoms with E-state index in [1.54, 1.807) is 42.9 Å². The predicted molar refractivity (Wildman–Crippen MR) is 145 cm³/mol. The first-order chi connectivity index (χ1) is 17.2. The highest BCUT2D eigenvalue weighted by atomic mass is 35.5. The second-order valence-electron chi connectivity index (χ2n) is 9.95. The molecule has 0 spiro atoms. The van der Waals surface area contributed by atoms with E-state index in [9.17, 15) is 10.5 Å². The van der Waals surface area contributed by atoms with Crippen LogP contribution in [0.5, 0.6) is 11.5 Å². The Morgan fingerprint density at radius 1 is 1.19 bits per heavy atom. The first kappa shape index (κ1) is 25.8. The van der Waals surface area contributed by atoms with Crippen LogP contribution in [0.3, 0.4) is 0 Å². The van der Waals surface area contributed by atoms with Gasteiger partial charge in [-0.1, -0.05) is 50.6 Å². The SMILES string of the molecule is COc1cc(C=Nc2sc3c(c2C#N)CC[C@@H](C(C)(C)C)C3)cc(Cl)c1OCc1ccccc1C#N. The summed E-state index contributed by atoms with van der Waals surface area (Å²) in [7, 11) is 1.55. The smallest absolute Gasteiger partial charge is 0.180 e. The lowest BCUT2D eigenvalue weighted by atomic mass is 9.72. The molecule has 7 heteroatoms. The van der Waals surface area contributed by atoms with E-state index in [0.717, 1.165) is 41.0 Å². The van der Waals surface area contributed by atoms with Crippen molar-refractivity contribution in [3.8, 4) is 23.6 Å². The monoisotopic (exact) mass is 517 g/mol. The van der Waals surface area contributed by atoms with Crippen LogP contribution >= 0.6 is 22.9 Å². The van der Waals surface area contributed by atoms with Gasteiger partial charge in [0.25, 0.3) is 0 Å². The largest absolute Gasteiger partial charge is 0.493 e. The molecule has 1 atom stereocenters. The summed E-state index contributed by atoms with van der Waals surface area (Å²) in [5, 5.41) is 20.3. The zero-order valence-electron chi connectivity index (χ0n) is 20.9. The molecule has 0 radical (unpaired) electrons. The maximum absolute atomic E-state index is 9.84. The fourth-order valence-electron chi connectivity index (χ4n) is 4.51. The van der Waals surface area contributed by atoms with E-state index in [0.29, 0.717) is 33.6 Å². The van der Waals surface area contributed by atoms with Gasteiger partial charge in [-0.2, -0.15) is 10.5 Å². The third-order valence-corrected chi connectivity index (χ3v) is 8.12. The van der Waals surface area contributed by atoms with Gasteiger partial charge < -0.3 is 9.47 Å². The molecule has 0 saturated carbocycles. The van der Waals surface area contributed by atoms with Gasteiger partial charge in [0, 0.05) is 16.7 Å². The van der Waals surface area contributed by atoms with Gasteiger partial charge in [0.2, 0.25) is 0 Å². The molecule has 3 aromatic rings. The normalized spacial score (nSPS) is 15.2. The highest BCUT2D eigenvalue weighted by Gasteiger charge is 2.32. The van der Waals surface area contributed by atoms with Gasteiger partial charge in [0.05, 0.1) is 29.3 Å². The van der Waals surface area contributed by atoms with Crippen molar-refractivity contribution in [3.63, 3.8) is 0 Å². The molecular formula is C29H28ClN3O2S. The molecule has 1 aromatic heterocycles. The predicted octanol–water partition coefficient (Wildman–Crippen LogP) is 7.63. The van der Waals surface area contributed by atoms with Gasteiger partial charge in [-0.15, -0.1) is 11.3 Å². The maximum Gasteiger partial charge on any atom is 0.180 e. The molecule has 5 nitrogen and oxygen atoms in total. The topological polar surface area (TPSA) is 78.4 Å². The van der Waals surface area contributed by atoms with E-state index in [4.69, 9.17) is 21.1 Å². The van der Waals surface area contributed by atoms with Crippen LogP contribution in [0.25, 0.3) is 0 Å². The number of benzene rings is 2. The molecule has 0 N–H and O–H groups in total. The van der Waals surface area contributed by atoms with Crippen molar-refractivity contribution in [1.29, 1.82) is 10.5 Å². The van der Waals surface area contributed by atoms with Gasteiger partial charge >= 0.3 is 0 Å². The summed E-state index contributed by atoms with van der Waals surface area (Å²) in [6, 6.07) is 15.4. The van der Waals surface area contributed by atoms with Crippen molar-refractivity contribution in [1.82, 2.24) is 0 Å². The van der Waals surface area contributed by atoms with Crippen molar-refractivity contribution < 1.29 is 9.47 Å². The quantitative estimate of drug-likeness (QED) is 0.315. The summed E-state index contributed by atoms with van der Waals surface area (Å²) in [6.07, 6.45) is 4.72. The molecule has 0 saturated heterocycles. The summed E-state index contributed by atoms with van der Waals surface area (Å²) in [4.78, 5) is 5.96. The Morgan fingerprint density at radius 2 is 1.97 bits per heavy atom. The minimum Gasteiger partial charge on any atom is -0.493 e. The highest BCUT2D eigenvalue weighted by Crippen LogP contribution is 2.45. The second kappa shape index (κ2) is 10.7. The molecule has 1 heterocycles. The van der Waals surface area contributed by atoms with Crippen LogP contribution in [0.1, 0.15) is 59.9 Å². The summed E-state index contributed by atoms with van der Waals surface area (Å²) < 4.78 is 11.5. The average molecular weight is 518 g/mol. The molecule has 4 rings (SSSR count). The van der Waals surface area contributed by atoms with Crippen LogP contribution in [-0.2, 0) is 19.4 Å². The lowest BCUT2D eigenvalue weighted by Crippen LogP contribution is -2.26. The third-order valence-electron chi connectivity index (χ3n) is 6.68. The lowest BCUT2D eigenvalue weighted by molar-refractivity contribution is 0.218. The Labute approximate surface area is 221 Å². The molecule has 1 aliphatic rings. The Balaban J connectivity index is 1.57. The first-order valence-electron chi connectivity index (χ1n) is 11.8. The molecule has 2 aromatic carbocycles. The van der Waals surface area contributed by atoms with E-state index >= 15 is 0 Å². The van der Waals surface area contributed by atoms with E-state index < -0.39 is 0 Å². The number of hydrogen-bond donors (Lipinski definition) is 0. The van der Waals surface area contributed by atoms with Crippen molar-refractivity contribution in [3.05, 3.63) is 74.1 Å². The number of methoxy groups -OCH3 is 1. The van der Waals surface area contributed by atoms with Gasteiger partial charge in [0.15, 0.2) is 11.5 Å². The van der Waals surface area contributed by atoms with E-state index in [1.165, 1.54) is 4.88 Å². The van der Waals surface area contributed by atoms with E-state index in [-0.39, 0.29) is 12.0 Å². The van der Waals surface area contributed by atoms with Gasteiger partial charge in [-0.05, 0) is 59.9 Å². The molecule has 0 fully saturated rings. The van der Waals surface area contributed by atoms with Crippen molar-refractivity contribution >= 4 is 34.2 Å². The number of rotatable bonds is 6. The Morgan fingerprint density at radius 3 is 2.67 bits per heavy atom. The molecule has 0 bridgehead atoms. The van der Waals surface area contributed by atoms with Crippen LogP contribution < -0.4 is 9.47 Å². The second-order valence-corrected chi connectivity index (χ2v) is 11.4. The summed E-state index contributed by atoms with van der Waals surface area (Å²) >= 11 is 8.17. The highest BCUT2D eigenvalue weighted by molar-refractivity contribution is 7.16. The summed E-state index contributed by atoms with van der Waals surface area (Å²) in [6.45, 7) is 7.04.